The summed E-state index contributed by atoms with van der Waals surface area (Å²) in [5.74, 6) is 3.28. The van der Waals surface area contributed by atoms with Gasteiger partial charge in [0.05, 0.1) is 66.9 Å². The molecular weight excluding hydrogens is 1510 g/mol. The lowest BCUT2D eigenvalue weighted by molar-refractivity contribution is 0.953. The molecule has 0 bridgehead atoms. The zero-order valence-electron chi connectivity index (χ0n) is 67.1. The standard InChI is InChI=1S/C68H44N6.C45H29N5/c1-5-17-45(18-6-1)59-43-61(71-67(69-59)49-21-9-3-10-22-49)47-29-35-53(36-30-47)73-63-27-15-13-25-55(63)57-41-51(33-39-65(57)73)52-34-40-66-58(42-52)56-26-14-16-28-64(56)74(66)54-37-31-48(32-38-54)62-44-60(46-19-7-2-8-20-46)70-68(72-62)50-23-11-4-12-24-50;1-4-14-30(15-5-1)43-46-44(31-16-6-2-7-17-31)48-45(47-43)50-40-23-13-11-21-36(40)38-29-33(25-27-42(38)50)32-24-26-41-37(28-32)35-20-10-12-22-39(35)49(41)34-18-8-3-9-19-34/h1-44H;1-29H. The maximum absolute atomic E-state index is 5.09. The van der Waals surface area contributed by atoms with E-state index in [0.29, 0.717) is 29.2 Å². The van der Waals surface area contributed by atoms with Crippen molar-refractivity contribution in [2.75, 3.05) is 0 Å². The van der Waals surface area contributed by atoms with Crippen molar-refractivity contribution in [1.82, 2.24) is 53.2 Å². The molecule has 0 amide bonds. The fraction of sp³-hybridized carbons (Fsp3) is 0. The summed E-state index contributed by atoms with van der Waals surface area (Å²) in [5.41, 5.74) is 28.6. The third-order valence-electron chi connectivity index (χ3n) is 23.8. The van der Waals surface area contributed by atoms with Crippen LogP contribution in [0.4, 0.5) is 0 Å². The van der Waals surface area contributed by atoms with Gasteiger partial charge in [0, 0.05) is 105 Å². The minimum atomic E-state index is 0.590. The van der Waals surface area contributed by atoms with Crippen LogP contribution in [0.15, 0.2) is 443 Å². The average molecular weight is 1580 g/mol. The summed E-state index contributed by atoms with van der Waals surface area (Å²) >= 11 is 0. The summed E-state index contributed by atoms with van der Waals surface area (Å²) in [6.07, 6.45) is 0. The highest BCUT2D eigenvalue weighted by Gasteiger charge is 2.23. The number of rotatable bonds is 14. The molecule has 0 aliphatic carbocycles. The smallest absolute Gasteiger partial charge is 0.238 e. The first kappa shape index (κ1) is 72.3. The van der Waals surface area contributed by atoms with Crippen molar-refractivity contribution < 1.29 is 0 Å². The van der Waals surface area contributed by atoms with Gasteiger partial charge in [0.25, 0.3) is 0 Å². The van der Waals surface area contributed by atoms with Crippen molar-refractivity contribution in [3.8, 4) is 136 Å². The second-order valence-corrected chi connectivity index (χ2v) is 31.2. The molecule has 7 heterocycles. The third-order valence-corrected chi connectivity index (χ3v) is 23.8. The molecule has 0 unspecified atom stereocenters. The molecule has 24 rings (SSSR count). The first-order valence-electron chi connectivity index (χ1n) is 41.7. The lowest BCUT2D eigenvalue weighted by Gasteiger charge is -2.12. The van der Waals surface area contributed by atoms with Crippen LogP contribution in [-0.2, 0) is 0 Å². The van der Waals surface area contributed by atoms with Gasteiger partial charge in [-0.05, 0) is 144 Å². The van der Waals surface area contributed by atoms with Crippen LogP contribution in [0, 0.1) is 0 Å². The van der Waals surface area contributed by atoms with E-state index in [1.165, 1.54) is 60.0 Å². The molecule has 24 aromatic rings. The Morgan fingerprint density at radius 1 is 0.129 bits per heavy atom. The predicted molar refractivity (Wildman–Crippen MR) is 509 cm³/mol. The molecule has 17 aromatic carbocycles. The fourth-order valence-electron chi connectivity index (χ4n) is 17.8. The van der Waals surface area contributed by atoms with Crippen molar-refractivity contribution in [2.45, 2.75) is 0 Å². The van der Waals surface area contributed by atoms with Crippen LogP contribution in [0.5, 0.6) is 0 Å². The number of nitrogens with zero attached hydrogens (tertiary/aromatic N) is 11. The summed E-state index contributed by atoms with van der Waals surface area (Å²) in [6, 6.07) is 156. The quantitative estimate of drug-likeness (QED) is 0.107. The molecule has 11 heteroatoms. The van der Waals surface area contributed by atoms with Crippen LogP contribution in [-0.4, -0.2) is 53.2 Å². The van der Waals surface area contributed by atoms with Gasteiger partial charge in [0.15, 0.2) is 23.3 Å². The molecule has 0 aliphatic heterocycles. The Labute approximate surface area is 714 Å². The zero-order valence-corrected chi connectivity index (χ0v) is 67.1. The second kappa shape index (κ2) is 30.8. The molecule has 580 valence electrons. The maximum atomic E-state index is 5.09. The minimum absolute atomic E-state index is 0.590. The van der Waals surface area contributed by atoms with Gasteiger partial charge in [-0.25, -0.2) is 24.9 Å². The van der Waals surface area contributed by atoms with E-state index in [0.717, 1.165) is 134 Å². The van der Waals surface area contributed by atoms with E-state index in [1.54, 1.807) is 0 Å². The van der Waals surface area contributed by atoms with Crippen LogP contribution in [0.1, 0.15) is 0 Å². The summed E-state index contributed by atoms with van der Waals surface area (Å²) in [6.45, 7) is 0. The van der Waals surface area contributed by atoms with E-state index >= 15 is 0 Å². The Hall–Kier alpha value is -16.9. The Morgan fingerprint density at radius 3 is 0.637 bits per heavy atom. The van der Waals surface area contributed by atoms with Gasteiger partial charge in [-0.2, -0.15) is 9.97 Å². The molecule has 0 saturated carbocycles. The second-order valence-electron chi connectivity index (χ2n) is 31.2. The van der Waals surface area contributed by atoms with Crippen LogP contribution in [0.2, 0.25) is 0 Å². The van der Waals surface area contributed by atoms with E-state index < -0.39 is 0 Å². The molecule has 11 nitrogen and oxygen atoms in total. The predicted octanol–water partition coefficient (Wildman–Crippen LogP) is 28.2. The Balaban J connectivity index is 0.000000154. The molecule has 0 N–H and O–H groups in total. The number of para-hydroxylation sites is 5. The van der Waals surface area contributed by atoms with Crippen molar-refractivity contribution in [1.29, 1.82) is 0 Å². The monoisotopic (exact) mass is 1580 g/mol. The third kappa shape index (κ3) is 13.1. The number of hydrogen-bond donors (Lipinski definition) is 0. The number of fused-ring (bicyclic) bond motifs is 12. The first-order valence-corrected chi connectivity index (χ1v) is 41.7. The van der Waals surface area contributed by atoms with Gasteiger partial charge < -0.3 is 13.7 Å². The molecule has 0 radical (unpaired) electrons. The van der Waals surface area contributed by atoms with Crippen LogP contribution in [0.3, 0.4) is 0 Å². The van der Waals surface area contributed by atoms with E-state index in [1.807, 2.05) is 133 Å². The maximum Gasteiger partial charge on any atom is 0.238 e. The molecule has 124 heavy (non-hydrogen) atoms. The van der Waals surface area contributed by atoms with Crippen molar-refractivity contribution in [3.05, 3.63) is 443 Å². The van der Waals surface area contributed by atoms with E-state index in [2.05, 4.69) is 328 Å². The Morgan fingerprint density at radius 2 is 0.339 bits per heavy atom. The van der Waals surface area contributed by atoms with Crippen LogP contribution >= 0.6 is 0 Å². The molecular formula is C113H73N11. The highest BCUT2D eigenvalue weighted by molar-refractivity contribution is 6.15. The number of aromatic nitrogens is 11. The number of benzene rings is 17. The molecule has 7 aromatic heterocycles. The molecule has 0 atom stereocenters. The van der Waals surface area contributed by atoms with Gasteiger partial charge in [-0.3, -0.25) is 4.57 Å². The Bertz CT molecular complexity index is 7710. The van der Waals surface area contributed by atoms with E-state index in [9.17, 15) is 0 Å². The average Bonchev–Trinajstić information content (AvgIpc) is 1.59. The van der Waals surface area contributed by atoms with Gasteiger partial charge in [-0.15, -0.1) is 0 Å². The first-order chi connectivity index (χ1) is 61.5. The van der Waals surface area contributed by atoms with E-state index in [-0.39, 0.29) is 0 Å². The minimum Gasteiger partial charge on any atom is -0.309 e. The number of hydrogen-bond acceptors (Lipinski definition) is 7. The summed E-state index contributed by atoms with van der Waals surface area (Å²) in [5, 5.41) is 9.59. The SMILES string of the molecule is c1ccc(-c2cc(-c3ccc(-n4c5ccccc5c5cc(-c6ccc7c(c6)c6ccccc6n7-c6ccc(-c7cc(-c8ccccc8)nc(-c8ccccc8)n7)cc6)ccc54)cc3)nc(-c3ccccc3)n2)cc1.c1ccc(-c2nc(-c3ccccc3)nc(-n3c4ccccc4c4cc(-c5ccc6c(c5)c5ccccc5n6-c5ccccc5)ccc43)n2)cc1. The summed E-state index contributed by atoms with van der Waals surface area (Å²) < 4.78 is 9.28. The zero-order chi connectivity index (χ0) is 82.0. The van der Waals surface area contributed by atoms with Crippen molar-refractivity contribution in [3.63, 3.8) is 0 Å². The highest BCUT2D eigenvalue weighted by Crippen LogP contribution is 2.43. The topological polar surface area (TPSA) is 110 Å². The molecule has 0 spiro atoms. The van der Waals surface area contributed by atoms with Gasteiger partial charge in [0.2, 0.25) is 5.95 Å². The lowest BCUT2D eigenvalue weighted by atomic mass is 10.0. The van der Waals surface area contributed by atoms with Gasteiger partial charge in [-0.1, -0.05) is 322 Å². The fourth-order valence-corrected chi connectivity index (χ4v) is 17.8. The van der Waals surface area contributed by atoms with Crippen molar-refractivity contribution in [2.24, 2.45) is 0 Å². The normalized spacial score (nSPS) is 11.5. The molecule has 0 saturated heterocycles. The molecule has 0 fully saturated rings. The van der Waals surface area contributed by atoms with Gasteiger partial charge in [0.1, 0.15) is 0 Å². The lowest BCUT2D eigenvalue weighted by Crippen LogP contribution is -2.06. The van der Waals surface area contributed by atoms with Gasteiger partial charge >= 0.3 is 0 Å². The summed E-state index contributed by atoms with van der Waals surface area (Å²) in [7, 11) is 0. The highest BCUT2D eigenvalue weighted by atomic mass is 15.2. The van der Waals surface area contributed by atoms with Crippen LogP contribution in [0.25, 0.3) is 223 Å². The largest absolute Gasteiger partial charge is 0.309 e. The summed E-state index contributed by atoms with van der Waals surface area (Å²) in [4.78, 5) is 35.3. The Kier molecular flexibility index (Phi) is 18.0. The van der Waals surface area contributed by atoms with Crippen LogP contribution < -0.4 is 0 Å². The van der Waals surface area contributed by atoms with Crippen molar-refractivity contribution >= 4 is 87.2 Å². The van der Waals surface area contributed by atoms with E-state index in [4.69, 9.17) is 34.9 Å². The molecule has 0 aliphatic rings.